The van der Waals surface area contributed by atoms with E-state index < -0.39 is 0 Å². The van der Waals surface area contributed by atoms with Gasteiger partial charge in [-0.2, -0.15) is 0 Å². The summed E-state index contributed by atoms with van der Waals surface area (Å²) in [5.41, 5.74) is 4.89. The van der Waals surface area contributed by atoms with Gasteiger partial charge >= 0.3 is 0 Å². The smallest absolute Gasteiger partial charge is 0.0712 e. The first kappa shape index (κ1) is 14.8. The van der Waals surface area contributed by atoms with Gasteiger partial charge in [0.05, 0.1) is 7.47 Å². The van der Waals surface area contributed by atoms with Crippen LogP contribution in [0.5, 0.6) is 0 Å². The summed E-state index contributed by atoms with van der Waals surface area (Å²) < 4.78 is 0.323. The van der Waals surface area contributed by atoms with Crippen LogP contribution in [0.4, 0.5) is 0 Å². The van der Waals surface area contributed by atoms with Crippen LogP contribution in [0.3, 0.4) is 0 Å². The number of halogens is 4. The quantitative estimate of drug-likeness (QED) is 0.403. The highest BCUT2D eigenvalue weighted by molar-refractivity contribution is 9.24. The summed E-state index contributed by atoms with van der Waals surface area (Å²) in [6, 6.07) is 16.9. The number of rotatable bonds is 3. The van der Waals surface area contributed by atoms with Crippen LogP contribution in [0.2, 0.25) is 0 Å². The van der Waals surface area contributed by atoms with Gasteiger partial charge in [-0.1, -0.05) is 106 Å². The van der Waals surface area contributed by atoms with E-state index in [1.165, 1.54) is 22.3 Å². The molecule has 0 saturated carbocycles. The van der Waals surface area contributed by atoms with E-state index in [0.29, 0.717) is 0 Å². The van der Waals surface area contributed by atoms with E-state index in [2.05, 4.69) is 106 Å². The third-order valence-electron chi connectivity index (χ3n) is 2.65. The Morgan fingerprint density at radius 1 is 0.722 bits per heavy atom. The molecule has 2 rings (SSSR count). The van der Waals surface area contributed by atoms with Crippen molar-refractivity contribution in [2.45, 2.75) is 7.47 Å². The molecule has 0 fully saturated rings. The fraction of sp³-hybridized carbons (Fsp3) is 0.143. The summed E-state index contributed by atoms with van der Waals surface area (Å²) >= 11 is 14.3. The standard InChI is InChI=1S/C14H10Br4/c15-13(16)10-6-7-11(14(17)18)12(8-10)9-4-2-1-3-5-9/h1-8,13-14H. The molecule has 0 radical (unpaired) electrons. The van der Waals surface area contributed by atoms with Crippen LogP contribution in [-0.4, -0.2) is 0 Å². The van der Waals surface area contributed by atoms with Crippen molar-refractivity contribution in [1.82, 2.24) is 0 Å². The van der Waals surface area contributed by atoms with Crippen LogP contribution in [0.15, 0.2) is 48.5 Å². The molecule has 0 amide bonds. The van der Waals surface area contributed by atoms with Crippen LogP contribution in [0, 0.1) is 0 Å². The third kappa shape index (κ3) is 3.47. The Morgan fingerprint density at radius 3 is 1.94 bits per heavy atom. The van der Waals surface area contributed by atoms with E-state index in [0.717, 1.165) is 0 Å². The average molecular weight is 498 g/mol. The first-order chi connectivity index (χ1) is 8.59. The maximum atomic E-state index is 3.59. The molecule has 0 aliphatic rings. The van der Waals surface area contributed by atoms with E-state index in [-0.39, 0.29) is 7.47 Å². The summed E-state index contributed by atoms with van der Waals surface area (Å²) in [5.74, 6) is 0. The topological polar surface area (TPSA) is 0 Å². The Labute approximate surface area is 141 Å². The lowest BCUT2D eigenvalue weighted by Crippen LogP contribution is -1.91. The Balaban J connectivity index is 2.58. The van der Waals surface area contributed by atoms with Gasteiger partial charge in [-0.3, -0.25) is 0 Å². The Kier molecular flexibility index (Phi) is 5.48. The van der Waals surface area contributed by atoms with E-state index in [1.807, 2.05) is 6.07 Å². The second-order valence-corrected chi connectivity index (χ2v) is 9.93. The molecule has 0 N–H and O–H groups in total. The van der Waals surface area contributed by atoms with E-state index in [4.69, 9.17) is 0 Å². The zero-order valence-electron chi connectivity index (χ0n) is 9.29. The largest absolute Gasteiger partial charge is 0.0952 e. The summed E-state index contributed by atoms with van der Waals surface area (Å²) in [4.78, 5) is 0. The lowest BCUT2D eigenvalue weighted by molar-refractivity contribution is 1.35. The molecule has 0 bridgehead atoms. The predicted octanol–water partition coefficient (Wildman–Crippen LogP) is 6.93. The lowest BCUT2D eigenvalue weighted by atomic mass is 9.99. The van der Waals surface area contributed by atoms with Gasteiger partial charge in [0.2, 0.25) is 0 Å². The number of benzene rings is 2. The number of hydrogen-bond acceptors (Lipinski definition) is 0. The maximum absolute atomic E-state index is 3.59. The SMILES string of the molecule is BrC(Br)c1ccc(C(Br)Br)c(-c2ccccc2)c1. The molecule has 0 aliphatic carbocycles. The summed E-state index contributed by atoms with van der Waals surface area (Å²) in [5, 5.41) is 0. The fourth-order valence-corrected chi connectivity index (χ4v) is 3.14. The zero-order valence-corrected chi connectivity index (χ0v) is 15.6. The normalized spacial score (nSPS) is 11.2. The minimum atomic E-state index is 0.151. The van der Waals surface area contributed by atoms with E-state index in [9.17, 15) is 0 Å². The van der Waals surface area contributed by atoms with Crippen molar-refractivity contribution in [3.63, 3.8) is 0 Å². The molecule has 4 heteroatoms. The van der Waals surface area contributed by atoms with Crippen molar-refractivity contribution in [2.24, 2.45) is 0 Å². The fourth-order valence-electron chi connectivity index (χ4n) is 1.77. The molecule has 18 heavy (non-hydrogen) atoms. The molecule has 0 unspecified atom stereocenters. The highest BCUT2D eigenvalue weighted by Crippen LogP contribution is 2.40. The molecule has 2 aromatic rings. The first-order valence-electron chi connectivity index (χ1n) is 5.35. The second-order valence-electron chi connectivity index (χ2n) is 3.81. The maximum Gasteiger partial charge on any atom is 0.0952 e. The minimum absolute atomic E-state index is 0.151. The van der Waals surface area contributed by atoms with Gasteiger partial charge in [-0.25, -0.2) is 0 Å². The van der Waals surface area contributed by atoms with Crippen molar-refractivity contribution in [2.75, 3.05) is 0 Å². The molecule has 2 aromatic carbocycles. The first-order valence-corrected chi connectivity index (χ1v) is 9.01. The van der Waals surface area contributed by atoms with Gasteiger partial charge in [0.25, 0.3) is 0 Å². The monoisotopic (exact) mass is 494 g/mol. The van der Waals surface area contributed by atoms with Crippen molar-refractivity contribution in [3.05, 3.63) is 59.7 Å². The molecule has 0 aromatic heterocycles. The van der Waals surface area contributed by atoms with Crippen molar-refractivity contribution < 1.29 is 0 Å². The van der Waals surface area contributed by atoms with Gasteiger partial charge < -0.3 is 0 Å². The van der Waals surface area contributed by atoms with Gasteiger partial charge in [-0.15, -0.1) is 0 Å². The molecular formula is C14H10Br4. The molecule has 0 spiro atoms. The van der Waals surface area contributed by atoms with Crippen molar-refractivity contribution in [1.29, 1.82) is 0 Å². The predicted molar refractivity (Wildman–Crippen MR) is 93.1 cm³/mol. The van der Waals surface area contributed by atoms with E-state index in [1.54, 1.807) is 0 Å². The second kappa shape index (κ2) is 6.69. The van der Waals surface area contributed by atoms with Gasteiger partial charge in [0.1, 0.15) is 0 Å². The molecule has 0 aliphatic heterocycles. The van der Waals surface area contributed by atoms with Gasteiger partial charge in [-0.05, 0) is 28.3 Å². The molecule has 0 nitrogen and oxygen atoms in total. The molecular weight excluding hydrogens is 488 g/mol. The average Bonchev–Trinajstić information content (AvgIpc) is 2.39. The third-order valence-corrected chi connectivity index (χ3v) is 4.69. The van der Waals surface area contributed by atoms with Crippen LogP contribution in [0.1, 0.15) is 18.6 Å². The van der Waals surface area contributed by atoms with Crippen LogP contribution < -0.4 is 0 Å². The van der Waals surface area contributed by atoms with Crippen LogP contribution in [-0.2, 0) is 0 Å². The highest BCUT2D eigenvalue weighted by Gasteiger charge is 2.13. The van der Waals surface area contributed by atoms with Crippen molar-refractivity contribution in [3.8, 4) is 11.1 Å². The number of hydrogen-bond donors (Lipinski definition) is 0. The minimum Gasteiger partial charge on any atom is -0.0712 e. The van der Waals surface area contributed by atoms with Gasteiger partial charge in [0.15, 0.2) is 0 Å². The Hall–Kier alpha value is 0.360. The Morgan fingerprint density at radius 2 is 1.39 bits per heavy atom. The molecule has 0 atom stereocenters. The Bertz CT molecular complexity index is 521. The summed E-state index contributed by atoms with van der Waals surface area (Å²) in [7, 11) is 0. The molecule has 0 saturated heterocycles. The lowest BCUT2D eigenvalue weighted by Gasteiger charge is -2.14. The highest BCUT2D eigenvalue weighted by atomic mass is 79.9. The van der Waals surface area contributed by atoms with E-state index >= 15 is 0 Å². The van der Waals surface area contributed by atoms with Crippen molar-refractivity contribution >= 4 is 63.7 Å². The summed E-state index contributed by atoms with van der Waals surface area (Å²) in [6.45, 7) is 0. The molecule has 94 valence electrons. The van der Waals surface area contributed by atoms with Crippen LogP contribution >= 0.6 is 63.7 Å². The van der Waals surface area contributed by atoms with Gasteiger partial charge in [0, 0.05) is 0 Å². The zero-order chi connectivity index (χ0) is 13.1. The summed E-state index contributed by atoms with van der Waals surface area (Å²) in [6.07, 6.45) is 0. The molecule has 0 heterocycles. The number of alkyl halides is 4. The van der Waals surface area contributed by atoms with Crippen LogP contribution in [0.25, 0.3) is 11.1 Å².